The van der Waals surface area contributed by atoms with Crippen LogP contribution in [-0.4, -0.2) is 0 Å². The molecule has 3 aromatic heterocycles. The molecule has 0 saturated heterocycles. The van der Waals surface area contributed by atoms with Crippen LogP contribution >= 0.6 is 0 Å². The summed E-state index contributed by atoms with van der Waals surface area (Å²) in [5.41, 5.74) is 21.0. The highest BCUT2D eigenvalue weighted by Crippen LogP contribution is 2.50. The molecule has 0 unspecified atom stereocenters. The van der Waals surface area contributed by atoms with Crippen LogP contribution in [0, 0.1) is 41.2 Å². The van der Waals surface area contributed by atoms with Gasteiger partial charge in [0.15, 0.2) is 0 Å². The standard InChI is InChI=1S/C46H28N4O.2C44H28F2N2O/c1-48-42-17-9-11-19-44(42)50(37-15-6-3-7-16-37)39-23-21-32-27-41-40-26-31-20-22-38(24-34(31)28-45(40)51-46(41)29-35(32)25-39)49(36-13-4-2-5-14-36)43-18-10-8-12-33(43)30-47;45-33-9-7-15-37(27-33)47(35-11-3-1-4-12-35)39-19-17-29-23-41-42-24-30-18-20-40(22-32(30)26-44(42)49-43(41)25-31(29)21-39)48(36-13-5-2-6-14-36)38-16-8-10-34(46)28-38;45-39-15-7-9-17-41(39)47(33-11-3-1-4-12-33)35-21-19-29-25-37-38-26-30-20-22-36(24-32(30)28-44(38)49-43(37)27-31(29)23-35)48(34-13-5-2-6-14-34)42-18-10-8-16-40(42)46/h2-29H;2*1-28H. The number of hydrogen-bond donors (Lipinski definition) is 0. The average Bonchev–Trinajstić information content (AvgIpc) is 1.59. The minimum absolute atomic E-state index is 0.288. The quantitative estimate of drug-likeness (QED) is 0.0611. The fraction of sp³-hybridized carbons (Fsp3) is 0. The lowest BCUT2D eigenvalue weighted by molar-refractivity contribution is 0.627. The SMILES string of the molecule is Fc1cccc(N(c2ccccc2)c2ccc3cc4c(cc3c2)oc2cc3cc(N(c5ccccc5)c5cccc(F)c5)ccc3cc24)c1.Fc1ccccc1N(c1ccccc1)c1ccc2cc3c(cc2c1)oc1cc2cc(N(c4ccccc4)c4ccccc4F)ccc2cc13.[C-]#[N+]c1ccccc1N(c1ccccc1)c1ccc2cc3c(cc2c1)oc1cc2cc(N(c4ccccc4)c4ccccc4C#N)ccc2cc13. The van der Waals surface area contributed by atoms with Gasteiger partial charge in [-0.25, -0.2) is 22.4 Å². The average molecular weight is 1930 g/mol. The first-order valence-corrected chi connectivity index (χ1v) is 48.9. The van der Waals surface area contributed by atoms with E-state index in [1.807, 2.05) is 252 Å². The van der Waals surface area contributed by atoms with E-state index < -0.39 is 0 Å². The van der Waals surface area contributed by atoms with E-state index in [-0.39, 0.29) is 23.3 Å². The highest BCUT2D eigenvalue weighted by Gasteiger charge is 2.27. The van der Waals surface area contributed by atoms with Crippen molar-refractivity contribution in [1.82, 2.24) is 0 Å². The second-order valence-corrected chi connectivity index (χ2v) is 36.7. The fourth-order valence-electron chi connectivity index (χ4n) is 20.6. The Morgan fingerprint density at radius 1 is 0.188 bits per heavy atom. The van der Waals surface area contributed by atoms with Crippen LogP contribution in [0.2, 0.25) is 0 Å². The molecule has 0 bridgehead atoms. The number of furan rings is 3. The summed E-state index contributed by atoms with van der Waals surface area (Å²) in [7, 11) is 0. The molecular weight excluding hydrogens is 1850 g/mol. The van der Waals surface area contributed by atoms with Gasteiger partial charge in [-0.15, -0.1) is 0 Å². The third kappa shape index (κ3) is 17.3. The summed E-state index contributed by atoms with van der Waals surface area (Å²) in [6.07, 6.45) is 0. The summed E-state index contributed by atoms with van der Waals surface area (Å²) in [5.74, 6) is -1.17. The first kappa shape index (κ1) is 90.0. The molecule has 11 nitrogen and oxygen atoms in total. The lowest BCUT2D eigenvalue weighted by Crippen LogP contribution is -2.11. The molecule has 706 valence electrons. The van der Waals surface area contributed by atoms with Crippen molar-refractivity contribution in [2.24, 2.45) is 0 Å². The molecule has 0 radical (unpaired) electrons. The molecule has 0 N–H and O–H groups in total. The normalized spacial score (nSPS) is 11.3. The van der Waals surface area contributed by atoms with Crippen LogP contribution in [0.3, 0.4) is 0 Å². The predicted octanol–water partition coefficient (Wildman–Crippen LogP) is 39.5. The number of halogens is 4. The van der Waals surface area contributed by atoms with E-state index >= 15 is 8.78 Å². The van der Waals surface area contributed by atoms with Crippen LogP contribution < -0.4 is 29.4 Å². The van der Waals surface area contributed by atoms with Gasteiger partial charge < -0.3 is 42.7 Å². The maximum Gasteiger partial charge on any atom is 0.210 e. The van der Waals surface area contributed by atoms with Gasteiger partial charge in [0, 0.05) is 112 Å². The third-order valence-electron chi connectivity index (χ3n) is 27.5. The molecule has 0 amide bonds. The summed E-state index contributed by atoms with van der Waals surface area (Å²) in [6.45, 7) is 7.83. The van der Waals surface area contributed by atoms with Gasteiger partial charge in [-0.1, -0.05) is 212 Å². The Labute approximate surface area is 854 Å². The van der Waals surface area contributed by atoms with E-state index in [0.29, 0.717) is 22.6 Å². The summed E-state index contributed by atoms with van der Waals surface area (Å²) < 4.78 is 78.6. The monoisotopic (exact) mass is 1930 g/mol. The molecule has 0 aliphatic rings. The fourth-order valence-corrected chi connectivity index (χ4v) is 20.6. The van der Waals surface area contributed by atoms with Gasteiger partial charge in [0.1, 0.15) is 62.8 Å². The van der Waals surface area contributed by atoms with Gasteiger partial charge >= 0.3 is 0 Å². The van der Waals surface area contributed by atoms with Crippen molar-refractivity contribution in [2.75, 3.05) is 29.4 Å². The lowest BCUT2D eigenvalue weighted by atomic mass is 10.0. The molecule has 27 aromatic rings. The molecule has 0 aliphatic heterocycles. The Hall–Kier alpha value is -20.3. The maximum absolute atomic E-state index is 15.2. The zero-order valence-electron chi connectivity index (χ0n) is 79.8. The van der Waals surface area contributed by atoms with E-state index in [2.05, 4.69) is 225 Å². The number of benzene rings is 24. The predicted molar refractivity (Wildman–Crippen MR) is 605 cm³/mol. The summed E-state index contributed by atoms with van der Waals surface area (Å²) in [5, 5.41) is 28.7. The van der Waals surface area contributed by atoms with E-state index in [0.717, 1.165) is 221 Å². The molecule has 27 rings (SSSR count). The van der Waals surface area contributed by atoms with Gasteiger partial charge in [-0.2, -0.15) is 5.26 Å². The van der Waals surface area contributed by atoms with Crippen LogP contribution in [0.5, 0.6) is 0 Å². The number of rotatable bonds is 18. The Morgan fingerprint density at radius 2 is 0.409 bits per heavy atom. The molecule has 149 heavy (non-hydrogen) atoms. The first-order chi connectivity index (χ1) is 73.3. The van der Waals surface area contributed by atoms with Crippen LogP contribution in [0.15, 0.2) is 523 Å². The molecule has 15 heteroatoms. The van der Waals surface area contributed by atoms with E-state index in [1.165, 1.54) is 24.3 Å². The summed E-state index contributed by atoms with van der Waals surface area (Å²) >= 11 is 0. The van der Waals surface area contributed by atoms with Gasteiger partial charge in [0.05, 0.1) is 34.9 Å². The minimum atomic E-state index is -0.296. The number of fused-ring (bicyclic) bond motifs is 15. The van der Waals surface area contributed by atoms with Gasteiger partial charge in [-0.05, 0) is 362 Å². The van der Waals surface area contributed by atoms with Crippen molar-refractivity contribution in [3.05, 3.63) is 550 Å². The van der Waals surface area contributed by atoms with Crippen molar-refractivity contribution in [3.8, 4) is 6.07 Å². The molecule has 0 fully saturated rings. The Balaban J connectivity index is 0.000000116. The molecular formula is C134H84F4N8O3. The Kier molecular flexibility index (Phi) is 23.3. The van der Waals surface area contributed by atoms with Gasteiger partial charge in [0.25, 0.3) is 0 Å². The number of anilines is 18. The van der Waals surface area contributed by atoms with Crippen LogP contribution in [0.1, 0.15) is 5.56 Å². The number of hydrogen-bond acceptors (Lipinski definition) is 10. The molecule has 0 spiro atoms. The van der Waals surface area contributed by atoms with E-state index in [1.54, 1.807) is 48.5 Å². The zero-order valence-corrected chi connectivity index (χ0v) is 79.8. The van der Waals surface area contributed by atoms with E-state index in [9.17, 15) is 14.0 Å². The highest BCUT2D eigenvalue weighted by molar-refractivity contribution is 6.18. The molecule has 0 saturated carbocycles. The summed E-state index contributed by atoms with van der Waals surface area (Å²) in [4.78, 5) is 16.1. The third-order valence-corrected chi connectivity index (χ3v) is 27.5. The topological polar surface area (TPSA) is 87.0 Å². The van der Waals surface area contributed by atoms with Crippen molar-refractivity contribution < 1.29 is 30.8 Å². The Morgan fingerprint density at radius 3 is 0.685 bits per heavy atom. The van der Waals surface area contributed by atoms with Crippen molar-refractivity contribution in [2.45, 2.75) is 0 Å². The Bertz CT molecular complexity index is 9390. The lowest BCUT2D eigenvalue weighted by Gasteiger charge is -2.27. The zero-order chi connectivity index (χ0) is 100. The van der Waals surface area contributed by atoms with Gasteiger partial charge in [0.2, 0.25) is 5.69 Å². The molecule has 3 heterocycles. The highest BCUT2D eigenvalue weighted by atomic mass is 19.1. The largest absolute Gasteiger partial charge is 0.456 e. The minimum Gasteiger partial charge on any atom is -0.456 e. The van der Waals surface area contributed by atoms with Crippen molar-refractivity contribution in [3.63, 3.8) is 0 Å². The number of nitriles is 1. The van der Waals surface area contributed by atoms with Gasteiger partial charge in [-0.3, -0.25) is 0 Å². The van der Waals surface area contributed by atoms with Crippen molar-refractivity contribution >= 4 is 239 Å². The summed E-state index contributed by atoms with van der Waals surface area (Å²) in [6, 6.07) is 168. The molecule has 24 aromatic carbocycles. The van der Waals surface area contributed by atoms with Crippen LogP contribution in [0.4, 0.5) is 126 Å². The smallest absolute Gasteiger partial charge is 0.210 e. The molecule has 0 atom stereocenters. The van der Waals surface area contributed by atoms with E-state index in [4.69, 9.17) is 19.8 Å². The first-order valence-electron chi connectivity index (χ1n) is 48.9. The molecule has 0 aliphatic carbocycles. The van der Waals surface area contributed by atoms with Crippen LogP contribution in [0.25, 0.3) is 135 Å². The number of para-hydroxylation sites is 11. The van der Waals surface area contributed by atoms with Crippen molar-refractivity contribution in [1.29, 1.82) is 5.26 Å². The number of nitrogens with zero attached hydrogens (tertiary/aromatic N) is 8. The second kappa shape index (κ2) is 38.5. The second-order valence-electron chi connectivity index (χ2n) is 36.7. The van der Waals surface area contributed by atoms with Crippen LogP contribution in [-0.2, 0) is 0 Å². The maximum atomic E-state index is 15.2.